The zero-order chi connectivity index (χ0) is 9.10. The van der Waals surface area contributed by atoms with E-state index in [1.165, 1.54) is 6.07 Å². The van der Waals surface area contributed by atoms with Crippen LogP contribution in [0.1, 0.15) is 0 Å². The minimum Gasteiger partial charge on any atom is -0.493 e. The Morgan fingerprint density at radius 3 is 2.85 bits per heavy atom. The quantitative estimate of drug-likeness (QED) is 0.661. The van der Waals surface area contributed by atoms with Crippen molar-refractivity contribution < 1.29 is 9.84 Å². The number of anilines is 1. The topological polar surface area (TPSA) is 58.5 Å². The lowest BCUT2D eigenvalue weighted by Gasteiger charge is -2.26. The number of hydrogen-bond donors (Lipinski definition) is 1. The summed E-state index contributed by atoms with van der Waals surface area (Å²) in [6, 6.07) is 1.46. The van der Waals surface area contributed by atoms with Crippen molar-refractivity contribution in [2.75, 3.05) is 31.2 Å². The molecule has 0 amide bonds. The van der Waals surface area contributed by atoms with Gasteiger partial charge in [0, 0.05) is 25.4 Å². The van der Waals surface area contributed by atoms with Crippen LogP contribution in [0.15, 0.2) is 12.3 Å². The van der Waals surface area contributed by atoms with Crippen LogP contribution < -0.4 is 4.90 Å². The summed E-state index contributed by atoms with van der Waals surface area (Å²) < 4.78 is 5.19. The first kappa shape index (κ1) is 8.25. The largest absolute Gasteiger partial charge is 0.493 e. The van der Waals surface area contributed by atoms with Crippen molar-refractivity contribution in [2.24, 2.45) is 0 Å². The summed E-state index contributed by atoms with van der Waals surface area (Å²) in [5.74, 6) is 0.583. The third kappa shape index (κ3) is 1.86. The van der Waals surface area contributed by atoms with Crippen molar-refractivity contribution in [2.45, 2.75) is 0 Å². The van der Waals surface area contributed by atoms with Gasteiger partial charge in [-0.1, -0.05) is 0 Å². The standard InChI is InChI=1S/C8H11N3O2/c12-7-1-2-9-8(10-7)11-3-5-13-6-4-11/h1-2H,3-6H2,(H,9,10,12). The highest BCUT2D eigenvalue weighted by atomic mass is 16.5. The van der Waals surface area contributed by atoms with E-state index in [0.717, 1.165) is 13.1 Å². The van der Waals surface area contributed by atoms with E-state index in [0.29, 0.717) is 19.2 Å². The van der Waals surface area contributed by atoms with Gasteiger partial charge in [-0.25, -0.2) is 4.98 Å². The van der Waals surface area contributed by atoms with E-state index in [1.807, 2.05) is 4.90 Å². The Bertz CT molecular complexity index is 286. The number of nitrogens with zero attached hydrogens (tertiary/aromatic N) is 3. The molecule has 0 unspecified atom stereocenters. The molecule has 0 spiro atoms. The number of aromatic hydroxyl groups is 1. The minimum atomic E-state index is 0.0106. The number of aromatic nitrogens is 2. The van der Waals surface area contributed by atoms with Gasteiger partial charge in [-0.15, -0.1) is 0 Å². The van der Waals surface area contributed by atoms with Crippen molar-refractivity contribution in [1.82, 2.24) is 9.97 Å². The van der Waals surface area contributed by atoms with Gasteiger partial charge in [0.2, 0.25) is 11.8 Å². The molecule has 5 nitrogen and oxygen atoms in total. The predicted molar refractivity (Wildman–Crippen MR) is 46.7 cm³/mol. The molecule has 70 valence electrons. The van der Waals surface area contributed by atoms with Crippen molar-refractivity contribution in [3.8, 4) is 5.88 Å². The average molecular weight is 181 g/mol. The van der Waals surface area contributed by atoms with Crippen LogP contribution >= 0.6 is 0 Å². The van der Waals surface area contributed by atoms with Gasteiger partial charge in [-0.2, -0.15) is 4.98 Å². The molecule has 0 aliphatic carbocycles. The normalized spacial score (nSPS) is 17.4. The average Bonchev–Trinajstić information content (AvgIpc) is 2.19. The molecule has 0 bridgehead atoms. The number of ether oxygens (including phenoxy) is 1. The summed E-state index contributed by atoms with van der Waals surface area (Å²) >= 11 is 0. The first-order valence-corrected chi connectivity index (χ1v) is 4.21. The molecule has 5 heteroatoms. The first-order chi connectivity index (χ1) is 6.36. The second kappa shape index (κ2) is 3.57. The summed E-state index contributed by atoms with van der Waals surface area (Å²) in [5, 5.41) is 9.13. The lowest BCUT2D eigenvalue weighted by Crippen LogP contribution is -2.37. The van der Waals surface area contributed by atoms with Crippen LogP contribution in [-0.4, -0.2) is 41.4 Å². The van der Waals surface area contributed by atoms with E-state index in [2.05, 4.69) is 9.97 Å². The van der Waals surface area contributed by atoms with Crippen LogP contribution in [0.4, 0.5) is 5.95 Å². The van der Waals surface area contributed by atoms with Crippen LogP contribution in [0.2, 0.25) is 0 Å². The van der Waals surface area contributed by atoms with Gasteiger partial charge in [0.25, 0.3) is 0 Å². The van der Waals surface area contributed by atoms with Gasteiger partial charge in [0.1, 0.15) is 0 Å². The number of morpholine rings is 1. The maximum Gasteiger partial charge on any atom is 0.228 e. The van der Waals surface area contributed by atoms with E-state index < -0.39 is 0 Å². The molecule has 0 saturated carbocycles. The molecule has 0 atom stereocenters. The molecule has 0 radical (unpaired) electrons. The fraction of sp³-hybridized carbons (Fsp3) is 0.500. The van der Waals surface area contributed by atoms with Crippen LogP contribution in [0.5, 0.6) is 5.88 Å². The van der Waals surface area contributed by atoms with Gasteiger partial charge in [-0.05, 0) is 0 Å². The molecule has 1 fully saturated rings. The smallest absolute Gasteiger partial charge is 0.228 e. The fourth-order valence-electron chi connectivity index (χ4n) is 1.25. The predicted octanol–water partition coefficient (Wildman–Crippen LogP) is 0.0188. The molecule has 2 heterocycles. The molecule has 13 heavy (non-hydrogen) atoms. The number of hydrogen-bond acceptors (Lipinski definition) is 5. The maximum absolute atomic E-state index is 9.13. The van der Waals surface area contributed by atoms with Crippen LogP contribution in [0.25, 0.3) is 0 Å². The van der Waals surface area contributed by atoms with Gasteiger partial charge < -0.3 is 14.7 Å². The summed E-state index contributed by atoms with van der Waals surface area (Å²) in [6.07, 6.45) is 1.55. The number of rotatable bonds is 1. The highest BCUT2D eigenvalue weighted by molar-refractivity contribution is 5.31. The maximum atomic E-state index is 9.13. The van der Waals surface area contributed by atoms with Crippen LogP contribution in [0, 0.1) is 0 Å². The molecule has 1 aliphatic rings. The van der Waals surface area contributed by atoms with Crippen molar-refractivity contribution in [3.05, 3.63) is 12.3 Å². The molecule has 1 aliphatic heterocycles. The van der Waals surface area contributed by atoms with Crippen molar-refractivity contribution >= 4 is 5.95 Å². The third-order valence-electron chi connectivity index (χ3n) is 1.92. The van der Waals surface area contributed by atoms with E-state index in [1.54, 1.807) is 6.20 Å². The minimum absolute atomic E-state index is 0.0106. The second-order valence-corrected chi connectivity index (χ2v) is 2.81. The van der Waals surface area contributed by atoms with Gasteiger partial charge in [0.05, 0.1) is 13.2 Å². The lowest BCUT2D eigenvalue weighted by molar-refractivity contribution is 0.122. The molecule has 1 aromatic rings. The Labute approximate surface area is 76.0 Å². The van der Waals surface area contributed by atoms with Crippen molar-refractivity contribution in [3.63, 3.8) is 0 Å². The summed E-state index contributed by atoms with van der Waals surface area (Å²) in [7, 11) is 0. The Hall–Kier alpha value is -1.36. The van der Waals surface area contributed by atoms with E-state index in [9.17, 15) is 0 Å². The Morgan fingerprint density at radius 1 is 1.38 bits per heavy atom. The SMILES string of the molecule is Oc1ccnc(N2CCOCC2)n1. The van der Waals surface area contributed by atoms with Gasteiger partial charge >= 0.3 is 0 Å². The Balaban J connectivity index is 2.14. The third-order valence-corrected chi connectivity index (χ3v) is 1.92. The molecule has 2 rings (SSSR count). The van der Waals surface area contributed by atoms with Crippen LogP contribution in [-0.2, 0) is 4.74 Å². The van der Waals surface area contributed by atoms with E-state index in [-0.39, 0.29) is 5.88 Å². The van der Waals surface area contributed by atoms with Gasteiger partial charge in [-0.3, -0.25) is 0 Å². The summed E-state index contributed by atoms with van der Waals surface area (Å²) in [5.41, 5.74) is 0. The first-order valence-electron chi connectivity index (χ1n) is 4.21. The molecule has 1 saturated heterocycles. The highest BCUT2D eigenvalue weighted by Crippen LogP contribution is 2.12. The van der Waals surface area contributed by atoms with E-state index >= 15 is 0 Å². The zero-order valence-electron chi connectivity index (χ0n) is 7.18. The monoisotopic (exact) mass is 181 g/mol. The summed E-state index contributed by atoms with van der Waals surface area (Å²) in [4.78, 5) is 9.96. The molecular formula is C8H11N3O2. The van der Waals surface area contributed by atoms with Gasteiger partial charge in [0.15, 0.2) is 0 Å². The highest BCUT2D eigenvalue weighted by Gasteiger charge is 2.13. The molecule has 1 aromatic heterocycles. The fourth-order valence-corrected chi connectivity index (χ4v) is 1.25. The Morgan fingerprint density at radius 2 is 2.15 bits per heavy atom. The molecular weight excluding hydrogens is 170 g/mol. The Kier molecular flexibility index (Phi) is 2.27. The zero-order valence-corrected chi connectivity index (χ0v) is 7.18. The van der Waals surface area contributed by atoms with Crippen LogP contribution in [0.3, 0.4) is 0 Å². The van der Waals surface area contributed by atoms with Crippen molar-refractivity contribution in [1.29, 1.82) is 0 Å². The molecule has 1 N–H and O–H groups in total. The second-order valence-electron chi connectivity index (χ2n) is 2.81. The summed E-state index contributed by atoms with van der Waals surface area (Å²) in [6.45, 7) is 2.95. The lowest BCUT2D eigenvalue weighted by atomic mass is 10.4. The van der Waals surface area contributed by atoms with E-state index in [4.69, 9.17) is 9.84 Å². The molecule has 0 aromatic carbocycles.